The Hall–Kier alpha value is -2.47. The summed E-state index contributed by atoms with van der Waals surface area (Å²) in [6.45, 7) is 2.26. The molecule has 25 heavy (non-hydrogen) atoms. The predicted molar refractivity (Wildman–Crippen MR) is 100 cm³/mol. The summed E-state index contributed by atoms with van der Waals surface area (Å²) in [5, 5.41) is 6.93. The number of hydrogen-bond donors (Lipinski definition) is 2. The summed E-state index contributed by atoms with van der Waals surface area (Å²) in [7, 11) is 0. The van der Waals surface area contributed by atoms with E-state index in [2.05, 4.69) is 31.8 Å². The minimum atomic E-state index is -0.776. The van der Waals surface area contributed by atoms with Crippen molar-refractivity contribution in [1.29, 1.82) is 0 Å². The first-order valence-corrected chi connectivity index (χ1v) is 8.78. The van der Waals surface area contributed by atoms with Crippen LogP contribution in [0.25, 0.3) is 0 Å². The van der Waals surface area contributed by atoms with Gasteiger partial charge in [0.1, 0.15) is 5.92 Å². The number of hydrazone groups is 1. The van der Waals surface area contributed by atoms with Crippen LogP contribution in [-0.4, -0.2) is 24.1 Å². The average Bonchev–Trinajstić information content (AvgIpc) is 3.02. The molecule has 0 saturated carbocycles. The van der Waals surface area contributed by atoms with Gasteiger partial charge in [0, 0.05) is 16.9 Å². The predicted octanol–water partition coefficient (Wildman–Crippen LogP) is 2.82. The molecule has 3 rings (SSSR count). The molecule has 2 aromatic rings. The summed E-state index contributed by atoms with van der Waals surface area (Å²) < 4.78 is 0.935. The van der Waals surface area contributed by atoms with Crippen molar-refractivity contribution in [2.75, 3.05) is 6.54 Å². The molecule has 2 atom stereocenters. The van der Waals surface area contributed by atoms with Crippen LogP contribution in [0, 0.1) is 5.92 Å². The van der Waals surface area contributed by atoms with E-state index >= 15 is 0 Å². The number of carbonyl (C=O) groups is 2. The smallest absolute Gasteiger partial charge is 0.253 e. The van der Waals surface area contributed by atoms with E-state index in [1.807, 2.05) is 61.5 Å². The number of carbonyl (C=O) groups excluding carboxylic acids is 2. The van der Waals surface area contributed by atoms with Crippen LogP contribution in [0.15, 0.2) is 64.2 Å². The van der Waals surface area contributed by atoms with Crippen LogP contribution in [0.5, 0.6) is 0 Å². The molecular formula is C19H18BrN3O2. The Balaban J connectivity index is 1.75. The third-order valence-electron chi connectivity index (χ3n) is 4.27. The fourth-order valence-corrected chi connectivity index (χ4v) is 3.32. The molecule has 0 unspecified atom stereocenters. The zero-order chi connectivity index (χ0) is 17.8. The highest BCUT2D eigenvalue weighted by molar-refractivity contribution is 9.10. The lowest BCUT2D eigenvalue weighted by Gasteiger charge is -2.15. The Kier molecular flexibility index (Phi) is 5.28. The van der Waals surface area contributed by atoms with Gasteiger partial charge in [0.2, 0.25) is 5.91 Å². The lowest BCUT2D eigenvalue weighted by atomic mass is 9.88. The van der Waals surface area contributed by atoms with Gasteiger partial charge in [0.25, 0.3) is 5.91 Å². The Morgan fingerprint density at radius 3 is 2.68 bits per heavy atom. The maximum atomic E-state index is 12.6. The lowest BCUT2D eigenvalue weighted by molar-refractivity contribution is -0.133. The van der Waals surface area contributed by atoms with Crippen LogP contribution in [0.4, 0.5) is 0 Å². The Morgan fingerprint density at radius 2 is 1.96 bits per heavy atom. The van der Waals surface area contributed by atoms with E-state index in [0.717, 1.165) is 15.6 Å². The number of halogens is 1. The summed E-state index contributed by atoms with van der Waals surface area (Å²) in [4.78, 5) is 24.7. The fraction of sp³-hybridized carbons (Fsp3) is 0.211. The quantitative estimate of drug-likeness (QED) is 0.471. The highest BCUT2D eigenvalue weighted by Crippen LogP contribution is 2.29. The van der Waals surface area contributed by atoms with Crippen molar-refractivity contribution < 1.29 is 9.59 Å². The van der Waals surface area contributed by atoms with E-state index < -0.39 is 11.8 Å². The maximum absolute atomic E-state index is 12.6. The minimum absolute atomic E-state index is 0.185. The second-order valence-electron chi connectivity index (χ2n) is 5.92. The fourth-order valence-electron chi connectivity index (χ4n) is 2.92. The average molecular weight is 400 g/mol. The molecule has 2 amide bonds. The Labute approximate surface area is 154 Å². The summed E-state index contributed by atoms with van der Waals surface area (Å²) in [5.41, 5.74) is 5.08. The molecule has 0 bridgehead atoms. The molecule has 0 radical (unpaired) electrons. The van der Waals surface area contributed by atoms with Gasteiger partial charge in [-0.2, -0.15) is 5.10 Å². The van der Waals surface area contributed by atoms with Crippen molar-refractivity contribution in [2.24, 2.45) is 11.0 Å². The van der Waals surface area contributed by atoms with E-state index in [9.17, 15) is 9.59 Å². The van der Waals surface area contributed by atoms with E-state index in [0.29, 0.717) is 12.3 Å². The number of nitrogens with one attached hydrogen (secondary N) is 2. The van der Waals surface area contributed by atoms with Gasteiger partial charge in [0.15, 0.2) is 0 Å². The number of hydrogen-bond acceptors (Lipinski definition) is 3. The van der Waals surface area contributed by atoms with Crippen LogP contribution in [0.2, 0.25) is 0 Å². The van der Waals surface area contributed by atoms with Crippen molar-refractivity contribution in [2.45, 2.75) is 12.8 Å². The van der Waals surface area contributed by atoms with Gasteiger partial charge in [-0.15, -0.1) is 0 Å². The van der Waals surface area contributed by atoms with Gasteiger partial charge in [0.05, 0.1) is 5.71 Å². The first-order valence-electron chi connectivity index (χ1n) is 7.99. The van der Waals surface area contributed by atoms with Crippen LogP contribution in [0.3, 0.4) is 0 Å². The molecule has 1 aliphatic rings. The zero-order valence-electron chi connectivity index (χ0n) is 13.7. The van der Waals surface area contributed by atoms with Crippen LogP contribution in [0.1, 0.15) is 24.0 Å². The number of nitrogens with zero attached hydrogens (tertiary/aromatic N) is 1. The van der Waals surface area contributed by atoms with Gasteiger partial charge < -0.3 is 5.32 Å². The highest BCUT2D eigenvalue weighted by Gasteiger charge is 2.40. The monoisotopic (exact) mass is 399 g/mol. The Bertz CT molecular complexity index is 820. The molecule has 1 heterocycles. The molecule has 0 spiro atoms. The Morgan fingerprint density at radius 1 is 1.20 bits per heavy atom. The molecule has 128 valence electrons. The number of benzene rings is 2. The van der Waals surface area contributed by atoms with E-state index in [1.165, 1.54) is 0 Å². The van der Waals surface area contributed by atoms with Gasteiger partial charge in [-0.25, -0.2) is 5.43 Å². The first kappa shape index (κ1) is 17.4. The third kappa shape index (κ3) is 3.96. The van der Waals surface area contributed by atoms with Crippen LogP contribution in [-0.2, 0) is 9.59 Å². The topological polar surface area (TPSA) is 70.6 Å². The van der Waals surface area contributed by atoms with Crippen molar-refractivity contribution in [3.05, 3.63) is 70.2 Å². The highest BCUT2D eigenvalue weighted by atomic mass is 79.9. The van der Waals surface area contributed by atoms with Crippen LogP contribution < -0.4 is 10.7 Å². The lowest BCUT2D eigenvalue weighted by Crippen LogP contribution is -2.35. The summed E-state index contributed by atoms with van der Waals surface area (Å²) >= 11 is 3.41. The van der Waals surface area contributed by atoms with Gasteiger partial charge >= 0.3 is 0 Å². The van der Waals surface area contributed by atoms with Crippen molar-refractivity contribution in [3.63, 3.8) is 0 Å². The molecule has 1 fully saturated rings. The summed E-state index contributed by atoms with van der Waals surface area (Å²) in [5.74, 6) is -1.61. The van der Waals surface area contributed by atoms with Gasteiger partial charge in [-0.1, -0.05) is 58.4 Å². The normalized spacial score (nSPS) is 20.2. The second-order valence-corrected chi connectivity index (χ2v) is 6.84. The van der Waals surface area contributed by atoms with Crippen LogP contribution >= 0.6 is 15.9 Å². The molecule has 0 aromatic heterocycles. The third-order valence-corrected chi connectivity index (χ3v) is 4.76. The molecule has 5 nitrogen and oxygen atoms in total. The molecular weight excluding hydrogens is 382 g/mol. The van der Waals surface area contributed by atoms with Crippen molar-refractivity contribution >= 4 is 33.5 Å². The largest absolute Gasteiger partial charge is 0.355 e. The summed E-state index contributed by atoms with van der Waals surface area (Å²) in [6, 6.07) is 17.2. The molecule has 1 aliphatic heterocycles. The number of amides is 2. The van der Waals surface area contributed by atoms with E-state index in [-0.39, 0.29) is 11.8 Å². The van der Waals surface area contributed by atoms with Gasteiger partial charge in [-0.3, -0.25) is 9.59 Å². The molecule has 2 aromatic carbocycles. The molecule has 2 N–H and O–H groups in total. The molecule has 0 aliphatic carbocycles. The van der Waals surface area contributed by atoms with Crippen molar-refractivity contribution in [3.8, 4) is 0 Å². The van der Waals surface area contributed by atoms with E-state index in [1.54, 1.807) is 0 Å². The molecule has 6 heteroatoms. The number of rotatable bonds is 4. The minimum Gasteiger partial charge on any atom is -0.355 e. The van der Waals surface area contributed by atoms with Crippen molar-refractivity contribution in [1.82, 2.24) is 10.7 Å². The first-order chi connectivity index (χ1) is 12.1. The summed E-state index contributed by atoms with van der Waals surface area (Å²) in [6.07, 6.45) is 0. The SMILES string of the molecule is CC(=NNC(=O)[C@@H]1C(=O)NC[C@H]1c1ccccc1)c1cccc(Br)c1. The maximum Gasteiger partial charge on any atom is 0.253 e. The van der Waals surface area contributed by atoms with Gasteiger partial charge in [-0.05, 0) is 30.2 Å². The van der Waals surface area contributed by atoms with E-state index in [4.69, 9.17) is 0 Å². The standard InChI is InChI=1S/C19H18BrN3O2/c1-12(14-8-5-9-15(20)10-14)22-23-19(25)17-16(11-21-18(17)24)13-6-3-2-4-7-13/h2-10,16-17H,11H2,1H3,(H,21,24)(H,23,25)/t16-,17-/m0/s1. The molecule has 1 saturated heterocycles. The second kappa shape index (κ2) is 7.61. The zero-order valence-corrected chi connectivity index (χ0v) is 15.3.